The van der Waals surface area contributed by atoms with E-state index in [0.29, 0.717) is 12.8 Å². The Labute approximate surface area is 173 Å². The van der Waals surface area contributed by atoms with Crippen molar-refractivity contribution in [3.63, 3.8) is 0 Å². The molecule has 156 valence electrons. The SMILES string of the molecule is O=C1NC(=O)C2(CCCC23CN(S(=O)(=O)c2ccc(-c4ccc(F)cc4)cc2)C3)N1. The maximum atomic E-state index is 13.1. The third kappa shape index (κ3) is 2.61. The second kappa shape index (κ2) is 6.36. The van der Waals surface area contributed by atoms with E-state index in [1.165, 1.54) is 28.6 Å². The van der Waals surface area contributed by atoms with Crippen molar-refractivity contribution in [2.45, 2.75) is 29.7 Å². The highest BCUT2D eigenvalue weighted by Gasteiger charge is 2.68. The summed E-state index contributed by atoms with van der Waals surface area (Å²) in [6.45, 7) is 0.394. The minimum Gasteiger partial charge on any atom is -0.323 e. The van der Waals surface area contributed by atoms with Crippen molar-refractivity contribution in [2.24, 2.45) is 5.41 Å². The Balaban J connectivity index is 1.36. The topological polar surface area (TPSA) is 95.6 Å². The molecular weight excluding hydrogens is 409 g/mol. The molecule has 30 heavy (non-hydrogen) atoms. The zero-order valence-electron chi connectivity index (χ0n) is 16.0. The molecule has 2 heterocycles. The van der Waals surface area contributed by atoms with Gasteiger partial charge in [-0.25, -0.2) is 17.6 Å². The second-order valence-electron chi connectivity index (χ2n) is 8.25. The van der Waals surface area contributed by atoms with Crippen LogP contribution in [-0.2, 0) is 14.8 Å². The smallest absolute Gasteiger partial charge is 0.322 e. The fraction of sp³-hybridized carbons (Fsp3) is 0.333. The Morgan fingerprint density at radius 3 is 2.07 bits per heavy atom. The minimum atomic E-state index is -3.72. The van der Waals surface area contributed by atoms with Crippen molar-refractivity contribution in [2.75, 3.05) is 13.1 Å². The Morgan fingerprint density at radius 2 is 1.50 bits per heavy atom. The lowest BCUT2D eigenvalue weighted by molar-refractivity contribution is -0.131. The maximum Gasteiger partial charge on any atom is 0.322 e. The summed E-state index contributed by atoms with van der Waals surface area (Å²) in [5.74, 6) is -0.688. The van der Waals surface area contributed by atoms with Crippen LogP contribution in [0.4, 0.5) is 9.18 Å². The van der Waals surface area contributed by atoms with Gasteiger partial charge in [-0.05, 0) is 54.7 Å². The molecule has 2 aliphatic heterocycles. The molecule has 2 N–H and O–H groups in total. The Bertz CT molecular complexity index is 1140. The van der Waals surface area contributed by atoms with E-state index in [2.05, 4.69) is 10.6 Å². The Kier molecular flexibility index (Phi) is 4.07. The summed E-state index contributed by atoms with van der Waals surface area (Å²) in [5.41, 5.74) is 0.000605. The number of imide groups is 1. The van der Waals surface area contributed by atoms with Gasteiger partial charge in [-0.1, -0.05) is 24.3 Å². The fourth-order valence-electron chi connectivity index (χ4n) is 5.05. The largest absolute Gasteiger partial charge is 0.323 e. The normalized spacial score (nSPS) is 25.4. The third-order valence-corrected chi connectivity index (χ3v) is 8.49. The molecule has 7 nitrogen and oxygen atoms in total. The zero-order chi connectivity index (χ0) is 21.1. The van der Waals surface area contributed by atoms with Gasteiger partial charge in [0.1, 0.15) is 11.4 Å². The number of nitrogens with zero attached hydrogens (tertiary/aromatic N) is 1. The number of fused-ring (bicyclic) bond motifs is 1. The minimum absolute atomic E-state index is 0.162. The van der Waals surface area contributed by atoms with Crippen molar-refractivity contribution in [3.8, 4) is 11.1 Å². The van der Waals surface area contributed by atoms with Crippen LogP contribution in [0.15, 0.2) is 53.4 Å². The standard InChI is InChI=1S/C21H20FN3O4S/c22-16-6-2-14(3-7-16)15-4-8-17(9-5-15)30(28,29)25-12-20(13-25)10-1-11-21(20)18(26)23-19(27)24-21/h2-9H,1,10-13H2,(H2,23,24,26,27). The first kappa shape index (κ1) is 19.2. The number of halogens is 1. The van der Waals surface area contributed by atoms with Crippen LogP contribution in [0.25, 0.3) is 11.1 Å². The summed E-state index contributed by atoms with van der Waals surface area (Å²) >= 11 is 0. The second-order valence-corrected chi connectivity index (χ2v) is 10.2. The van der Waals surface area contributed by atoms with Crippen LogP contribution in [0.3, 0.4) is 0 Å². The molecule has 0 radical (unpaired) electrons. The van der Waals surface area contributed by atoms with Crippen LogP contribution in [0, 0.1) is 11.2 Å². The first-order chi connectivity index (χ1) is 14.3. The number of hydrogen-bond donors (Lipinski definition) is 2. The lowest BCUT2D eigenvalue weighted by Gasteiger charge is -2.53. The Hall–Kier alpha value is -2.78. The van der Waals surface area contributed by atoms with Gasteiger partial charge in [0.15, 0.2) is 0 Å². The number of nitrogens with one attached hydrogen (secondary N) is 2. The number of urea groups is 1. The van der Waals surface area contributed by atoms with Gasteiger partial charge in [-0.2, -0.15) is 4.31 Å². The van der Waals surface area contributed by atoms with E-state index in [9.17, 15) is 22.4 Å². The van der Waals surface area contributed by atoms with Crippen LogP contribution in [0.1, 0.15) is 19.3 Å². The molecule has 1 aliphatic carbocycles. The molecule has 2 saturated heterocycles. The fourth-order valence-corrected chi connectivity index (χ4v) is 6.66. The van der Waals surface area contributed by atoms with E-state index in [0.717, 1.165) is 17.5 Å². The van der Waals surface area contributed by atoms with Crippen molar-refractivity contribution >= 4 is 22.0 Å². The van der Waals surface area contributed by atoms with Gasteiger partial charge in [0.2, 0.25) is 10.0 Å². The number of carbonyl (C=O) groups is 2. The van der Waals surface area contributed by atoms with E-state index in [4.69, 9.17) is 0 Å². The molecule has 1 atom stereocenters. The molecule has 9 heteroatoms. The monoisotopic (exact) mass is 429 g/mol. The molecule has 2 spiro atoms. The van der Waals surface area contributed by atoms with Crippen LogP contribution in [0.2, 0.25) is 0 Å². The number of benzene rings is 2. The van der Waals surface area contributed by atoms with Gasteiger partial charge in [0.25, 0.3) is 5.91 Å². The van der Waals surface area contributed by atoms with Crippen LogP contribution < -0.4 is 10.6 Å². The average Bonchev–Trinajstić information content (AvgIpc) is 3.21. The van der Waals surface area contributed by atoms with Crippen LogP contribution >= 0.6 is 0 Å². The highest BCUT2D eigenvalue weighted by atomic mass is 32.2. The van der Waals surface area contributed by atoms with Crippen molar-refractivity contribution in [1.82, 2.24) is 14.9 Å². The molecule has 2 aromatic carbocycles. The predicted molar refractivity (Wildman–Crippen MR) is 106 cm³/mol. The van der Waals surface area contributed by atoms with Crippen molar-refractivity contribution < 1.29 is 22.4 Å². The summed E-state index contributed by atoms with van der Waals surface area (Å²) in [7, 11) is -3.72. The maximum absolute atomic E-state index is 13.1. The number of hydrogen-bond acceptors (Lipinski definition) is 4. The summed E-state index contributed by atoms with van der Waals surface area (Å²) in [4.78, 5) is 24.3. The molecule has 3 fully saturated rings. The summed E-state index contributed by atoms with van der Waals surface area (Å²) in [6, 6.07) is 11.9. The van der Waals surface area contributed by atoms with Crippen LogP contribution in [-0.4, -0.2) is 43.3 Å². The third-order valence-electron chi connectivity index (χ3n) is 6.68. The zero-order valence-corrected chi connectivity index (χ0v) is 16.8. The number of carbonyl (C=O) groups excluding carboxylic acids is 2. The average molecular weight is 429 g/mol. The molecule has 5 rings (SSSR count). The van der Waals surface area contributed by atoms with E-state index >= 15 is 0 Å². The van der Waals surface area contributed by atoms with Gasteiger partial charge >= 0.3 is 6.03 Å². The number of sulfonamides is 1. The number of amides is 3. The molecule has 0 bridgehead atoms. The highest BCUT2D eigenvalue weighted by Crippen LogP contribution is 2.54. The molecule has 0 aromatic heterocycles. The quantitative estimate of drug-likeness (QED) is 0.732. The van der Waals surface area contributed by atoms with Gasteiger partial charge in [-0.3, -0.25) is 10.1 Å². The van der Waals surface area contributed by atoms with Gasteiger partial charge in [0.05, 0.1) is 4.90 Å². The van der Waals surface area contributed by atoms with Crippen molar-refractivity contribution in [1.29, 1.82) is 0 Å². The molecule has 2 aromatic rings. The molecule has 3 amide bonds. The highest BCUT2D eigenvalue weighted by molar-refractivity contribution is 7.89. The molecule has 1 unspecified atom stereocenters. The van der Waals surface area contributed by atoms with Crippen molar-refractivity contribution in [3.05, 3.63) is 54.3 Å². The first-order valence-corrected chi connectivity index (χ1v) is 11.2. The number of rotatable bonds is 3. The molecular formula is C21H20FN3O4S. The first-order valence-electron chi connectivity index (χ1n) is 9.76. The molecule has 1 saturated carbocycles. The summed E-state index contributed by atoms with van der Waals surface area (Å²) < 4.78 is 40.6. The van der Waals surface area contributed by atoms with Gasteiger partial charge in [-0.15, -0.1) is 0 Å². The predicted octanol–water partition coefficient (Wildman–Crippen LogP) is 2.25. The van der Waals surface area contributed by atoms with E-state index in [1.807, 2.05) is 0 Å². The Morgan fingerprint density at radius 1 is 0.900 bits per heavy atom. The van der Waals surface area contributed by atoms with E-state index < -0.39 is 27.0 Å². The lowest BCUT2D eigenvalue weighted by Crippen LogP contribution is -2.71. The summed E-state index contributed by atoms with van der Waals surface area (Å²) in [6.07, 6.45) is 1.97. The lowest BCUT2D eigenvalue weighted by atomic mass is 9.67. The van der Waals surface area contributed by atoms with E-state index in [-0.39, 0.29) is 29.7 Å². The van der Waals surface area contributed by atoms with Gasteiger partial charge in [0, 0.05) is 18.5 Å². The summed E-state index contributed by atoms with van der Waals surface area (Å²) in [5, 5.41) is 5.07. The molecule has 3 aliphatic rings. The van der Waals surface area contributed by atoms with Gasteiger partial charge < -0.3 is 5.32 Å². The van der Waals surface area contributed by atoms with Crippen LogP contribution in [0.5, 0.6) is 0 Å². The van der Waals surface area contributed by atoms with E-state index in [1.54, 1.807) is 24.3 Å².